The highest BCUT2D eigenvalue weighted by atomic mass is 35.5. The Labute approximate surface area is 98.9 Å². The van der Waals surface area contributed by atoms with E-state index in [4.69, 9.17) is 22.2 Å². The zero-order valence-corrected chi connectivity index (χ0v) is 9.54. The van der Waals surface area contributed by atoms with Crippen LogP contribution in [0.25, 0.3) is 0 Å². The van der Waals surface area contributed by atoms with Gasteiger partial charge in [0.2, 0.25) is 0 Å². The fraction of sp³-hybridized carbons (Fsp3) is 0.364. The average Bonchev–Trinajstić information content (AvgIpc) is 2.30. The highest BCUT2D eigenvalue weighted by molar-refractivity contribution is 6.34. The van der Waals surface area contributed by atoms with Gasteiger partial charge in [-0.05, 0) is 25.0 Å². The van der Waals surface area contributed by atoms with E-state index in [2.05, 4.69) is 0 Å². The van der Waals surface area contributed by atoms with E-state index < -0.39 is 0 Å². The summed E-state index contributed by atoms with van der Waals surface area (Å²) in [5, 5.41) is 1.69. The second-order valence-corrected chi connectivity index (χ2v) is 4.06. The molecule has 1 aliphatic heterocycles. The maximum Gasteiger partial charge on any atom is 0.281 e. The molecular weight excluding hydrogens is 228 g/mol. The lowest BCUT2D eigenvalue weighted by atomic mass is 10.1. The third kappa shape index (κ3) is 2.13. The summed E-state index contributed by atoms with van der Waals surface area (Å²) in [7, 11) is 0. The van der Waals surface area contributed by atoms with E-state index in [1.807, 2.05) is 0 Å². The number of nitrogen functional groups attached to an aromatic ring is 1. The van der Waals surface area contributed by atoms with Crippen molar-refractivity contribution < 1.29 is 9.63 Å². The van der Waals surface area contributed by atoms with Crippen molar-refractivity contribution in [3.63, 3.8) is 0 Å². The van der Waals surface area contributed by atoms with Gasteiger partial charge in [0.25, 0.3) is 5.91 Å². The van der Waals surface area contributed by atoms with Gasteiger partial charge in [0, 0.05) is 12.2 Å². The molecule has 0 aromatic heterocycles. The summed E-state index contributed by atoms with van der Waals surface area (Å²) in [5.74, 6) is -0.261. The van der Waals surface area contributed by atoms with Gasteiger partial charge in [-0.3, -0.25) is 9.63 Å². The number of rotatable bonds is 1. The number of hydrogen-bond donors (Lipinski definition) is 1. The molecule has 0 unspecified atom stereocenters. The van der Waals surface area contributed by atoms with Gasteiger partial charge < -0.3 is 5.73 Å². The summed E-state index contributed by atoms with van der Waals surface area (Å²) in [6, 6.07) is 5.02. The molecule has 4 nitrogen and oxygen atoms in total. The minimum Gasteiger partial charge on any atom is -0.398 e. The molecule has 0 bridgehead atoms. The van der Waals surface area contributed by atoms with Crippen LogP contribution in [0, 0.1) is 0 Å². The van der Waals surface area contributed by atoms with E-state index >= 15 is 0 Å². The molecule has 2 rings (SSSR count). The predicted octanol–water partition coefficient (Wildman–Crippen LogP) is 2.09. The molecule has 1 aromatic rings. The Morgan fingerprint density at radius 2 is 2.25 bits per heavy atom. The van der Waals surface area contributed by atoms with E-state index in [-0.39, 0.29) is 5.91 Å². The average molecular weight is 241 g/mol. The zero-order chi connectivity index (χ0) is 11.5. The molecule has 0 radical (unpaired) electrons. The summed E-state index contributed by atoms with van der Waals surface area (Å²) in [6.45, 7) is 1.15. The maximum absolute atomic E-state index is 12.1. The number of anilines is 1. The van der Waals surface area contributed by atoms with Gasteiger partial charge in [-0.1, -0.05) is 17.7 Å². The number of halogens is 1. The zero-order valence-electron chi connectivity index (χ0n) is 8.78. The van der Waals surface area contributed by atoms with Crippen molar-refractivity contribution in [2.75, 3.05) is 18.9 Å². The molecule has 0 atom stereocenters. The number of nitrogens with two attached hydrogens (primary N) is 1. The summed E-state index contributed by atoms with van der Waals surface area (Å²) in [5.41, 5.74) is 6.45. The predicted molar refractivity (Wildman–Crippen MR) is 62.1 cm³/mol. The summed E-state index contributed by atoms with van der Waals surface area (Å²) in [4.78, 5) is 17.4. The Bertz CT molecular complexity index is 383. The third-order valence-corrected chi connectivity index (χ3v) is 2.80. The van der Waals surface area contributed by atoms with Gasteiger partial charge in [0.1, 0.15) is 0 Å². The third-order valence-electron chi connectivity index (χ3n) is 2.49. The van der Waals surface area contributed by atoms with Gasteiger partial charge in [0.15, 0.2) is 0 Å². The Hall–Kier alpha value is -1.26. The van der Waals surface area contributed by atoms with Gasteiger partial charge in [-0.15, -0.1) is 0 Å². The minimum atomic E-state index is -0.261. The number of hydrogen-bond acceptors (Lipinski definition) is 3. The minimum absolute atomic E-state index is 0.261. The normalized spacial score (nSPS) is 16.2. The molecule has 0 aliphatic carbocycles. The number of nitrogens with zero attached hydrogens (tertiary/aromatic N) is 1. The quantitative estimate of drug-likeness (QED) is 0.765. The SMILES string of the molecule is Nc1cccc(Cl)c1C(=O)N1CCCCO1. The van der Waals surface area contributed by atoms with Gasteiger partial charge >= 0.3 is 0 Å². The molecule has 86 valence electrons. The molecule has 1 heterocycles. The molecule has 5 heteroatoms. The number of hydroxylamine groups is 2. The summed E-state index contributed by atoms with van der Waals surface area (Å²) < 4.78 is 0. The van der Waals surface area contributed by atoms with Crippen LogP contribution in [0.15, 0.2) is 18.2 Å². The lowest BCUT2D eigenvalue weighted by Crippen LogP contribution is -2.36. The molecule has 1 aromatic carbocycles. The van der Waals surface area contributed by atoms with E-state index in [9.17, 15) is 4.79 Å². The number of amides is 1. The smallest absolute Gasteiger partial charge is 0.281 e. The van der Waals surface area contributed by atoms with Gasteiger partial charge in [-0.25, -0.2) is 5.06 Å². The highest BCUT2D eigenvalue weighted by Crippen LogP contribution is 2.24. The van der Waals surface area contributed by atoms with Gasteiger partial charge in [-0.2, -0.15) is 0 Å². The molecule has 1 fully saturated rings. The van der Waals surface area contributed by atoms with E-state index in [0.717, 1.165) is 12.8 Å². The van der Waals surface area contributed by atoms with Crippen molar-refractivity contribution in [3.8, 4) is 0 Å². The molecule has 2 N–H and O–H groups in total. The second kappa shape index (κ2) is 4.72. The van der Waals surface area contributed by atoms with Gasteiger partial charge in [0.05, 0.1) is 17.2 Å². The first kappa shape index (κ1) is 11.2. The summed E-state index contributed by atoms with van der Waals surface area (Å²) in [6.07, 6.45) is 1.91. The molecule has 1 amide bonds. The van der Waals surface area contributed by atoms with Crippen LogP contribution in [0.1, 0.15) is 23.2 Å². The Morgan fingerprint density at radius 3 is 2.88 bits per heavy atom. The van der Waals surface area contributed by atoms with E-state index in [1.165, 1.54) is 5.06 Å². The Balaban J connectivity index is 2.26. The standard InChI is InChI=1S/C11H13ClN2O2/c12-8-4-3-5-9(13)10(8)11(15)14-6-1-2-7-16-14/h3-5H,1-2,6-7,13H2. The molecule has 1 aliphatic rings. The van der Waals surface area contributed by atoms with Crippen LogP contribution in [0.5, 0.6) is 0 Å². The Morgan fingerprint density at radius 1 is 1.44 bits per heavy atom. The maximum atomic E-state index is 12.1. The monoisotopic (exact) mass is 240 g/mol. The highest BCUT2D eigenvalue weighted by Gasteiger charge is 2.23. The van der Waals surface area contributed by atoms with Crippen molar-refractivity contribution >= 4 is 23.2 Å². The van der Waals surface area contributed by atoms with Crippen molar-refractivity contribution in [1.29, 1.82) is 0 Å². The number of carbonyl (C=O) groups excluding carboxylic acids is 1. The Kier molecular flexibility index (Phi) is 3.31. The van der Waals surface area contributed by atoms with Crippen LogP contribution >= 0.6 is 11.6 Å². The van der Waals surface area contributed by atoms with Crippen molar-refractivity contribution in [2.45, 2.75) is 12.8 Å². The van der Waals surface area contributed by atoms with Crippen LogP contribution in [-0.4, -0.2) is 24.1 Å². The first-order chi connectivity index (χ1) is 7.70. The van der Waals surface area contributed by atoms with Crippen LogP contribution in [0.4, 0.5) is 5.69 Å². The van der Waals surface area contributed by atoms with E-state index in [0.29, 0.717) is 29.4 Å². The van der Waals surface area contributed by atoms with Crippen molar-refractivity contribution in [3.05, 3.63) is 28.8 Å². The first-order valence-corrected chi connectivity index (χ1v) is 5.56. The topological polar surface area (TPSA) is 55.6 Å². The van der Waals surface area contributed by atoms with Crippen LogP contribution < -0.4 is 5.73 Å². The van der Waals surface area contributed by atoms with Crippen molar-refractivity contribution in [1.82, 2.24) is 5.06 Å². The summed E-state index contributed by atoms with van der Waals surface area (Å²) >= 11 is 5.96. The van der Waals surface area contributed by atoms with E-state index in [1.54, 1.807) is 18.2 Å². The van der Waals surface area contributed by atoms with Crippen molar-refractivity contribution in [2.24, 2.45) is 0 Å². The first-order valence-electron chi connectivity index (χ1n) is 5.19. The van der Waals surface area contributed by atoms with Crippen LogP contribution in [0.3, 0.4) is 0 Å². The number of carbonyl (C=O) groups is 1. The fourth-order valence-corrected chi connectivity index (χ4v) is 1.91. The second-order valence-electron chi connectivity index (χ2n) is 3.65. The van der Waals surface area contributed by atoms with Crippen LogP contribution in [0.2, 0.25) is 5.02 Å². The molecule has 0 spiro atoms. The fourth-order valence-electron chi connectivity index (χ4n) is 1.65. The lowest BCUT2D eigenvalue weighted by molar-refractivity contribution is -0.144. The molecule has 1 saturated heterocycles. The number of benzene rings is 1. The molecular formula is C11H13ClN2O2. The lowest BCUT2D eigenvalue weighted by Gasteiger charge is -2.26. The molecule has 0 saturated carbocycles. The molecule has 16 heavy (non-hydrogen) atoms. The van der Waals surface area contributed by atoms with Crippen LogP contribution in [-0.2, 0) is 4.84 Å². The largest absolute Gasteiger partial charge is 0.398 e.